The van der Waals surface area contributed by atoms with Crippen LogP contribution in [0.15, 0.2) is 18.2 Å². The summed E-state index contributed by atoms with van der Waals surface area (Å²) in [4.78, 5) is 2.48. The van der Waals surface area contributed by atoms with Crippen LogP contribution in [0.1, 0.15) is 24.8 Å². The van der Waals surface area contributed by atoms with E-state index < -0.39 is 0 Å². The summed E-state index contributed by atoms with van der Waals surface area (Å²) in [5.41, 5.74) is 1.06. The number of rotatable bonds is 5. The van der Waals surface area contributed by atoms with Crippen LogP contribution in [-0.4, -0.2) is 22.8 Å². The largest absolute Gasteiger partial charge is 0.295 e. The first-order valence-corrected chi connectivity index (χ1v) is 7.83. The van der Waals surface area contributed by atoms with Crippen molar-refractivity contribution in [1.82, 2.24) is 4.90 Å². The van der Waals surface area contributed by atoms with E-state index in [9.17, 15) is 0 Å². The summed E-state index contributed by atoms with van der Waals surface area (Å²) in [6.07, 6.45) is 3.95. The maximum Gasteiger partial charge on any atom is 0.0465 e. The molecule has 0 bridgehead atoms. The van der Waals surface area contributed by atoms with Crippen LogP contribution in [0.3, 0.4) is 0 Å². The maximum atomic E-state index is 6.22. The number of hydrogen-bond acceptors (Lipinski definition) is 1. The predicted octanol–water partition coefficient (Wildman–Crippen LogP) is 4.74. The predicted molar refractivity (Wildman–Crippen MR) is 78.3 cm³/mol. The third-order valence-corrected chi connectivity index (χ3v) is 4.45. The number of nitrogens with zero attached hydrogens (tertiary/aromatic N) is 1. The van der Waals surface area contributed by atoms with Crippen LogP contribution in [0.25, 0.3) is 0 Å². The van der Waals surface area contributed by atoms with Crippen LogP contribution in [-0.2, 0) is 6.54 Å². The first-order valence-electron chi connectivity index (χ1n) is 5.95. The molecule has 1 saturated carbocycles. The van der Waals surface area contributed by atoms with Gasteiger partial charge in [-0.05, 0) is 25.0 Å². The Balaban J connectivity index is 2.10. The van der Waals surface area contributed by atoms with Crippen molar-refractivity contribution in [1.29, 1.82) is 0 Å². The van der Waals surface area contributed by atoms with Gasteiger partial charge in [0, 0.05) is 40.1 Å². The summed E-state index contributed by atoms with van der Waals surface area (Å²) in [7, 11) is 0. The van der Waals surface area contributed by atoms with Crippen molar-refractivity contribution in [2.24, 2.45) is 0 Å². The minimum absolute atomic E-state index is 0.708. The molecule has 1 fully saturated rings. The van der Waals surface area contributed by atoms with Crippen LogP contribution < -0.4 is 0 Å². The highest BCUT2D eigenvalue weighted by molar-refractivity contribution is 9.09. The number of alkyl halides is 1. The standard InChI is InChI=1S/C13H16BrCl2N/c14-7-8-17(10-3-1-4-10)9-11-12(15)5-2-6-13(11)16/h2,5-6,10H,1,3-4,7-9H2. The zero-order valence-corrected chi connectivity index (χ0v) is 12.7. The van der Waals surface area contributed by atoms with E-state index in [1.165, 1.54) is 19.3 Å². The normalized spacial score (nSPS) is 16.2. The van der Waals surface area contributed by atoms with E-state index in [0.29, 0.717) is 6.04 Å². The van der Waals surface area contributed by atoms with Gasteiger partial charge in [0.1, 0.15) is 0 Å². The van der Waals surface area contributed by atoms with Crippen LogP contribution in [0.5, 0.6) is 0 Å². The zero-order chi connectivity index (χ0) is 12.3. The Morgan fingerprint density at radius 3 is 2.35 bits per heavy atom. The number of hydrogen-bond donors (Lipinski definition) is 0. The molecule has 0 aromatic heterocycles. The van der Waals surface area contributed by atoms with Crippen molar-refractivity contribution in [2.75, 3.05) is 11.9 Å². The third-order valence-electron chi connectivity index (χ3n) is 3.39. The van der Waals surface area contributed by atoms with Crippen molar-refractivity contribution in [3.63, 3.8) is 0 Å². The summed E-state index contributed by atoms with van der Waals surface area (Å²) in [5, 5.41) is 2.54. The fraction of sp³-hybridized carbons (Fsp3) is 0.538. The Morgan fingerprint density at radius 1 is 1.24 bits per heavy atom. The summed E-state index contributed by atoms with van der Waals surface area (Å²) in [6, 6.07) is 6.43. The summed E-state index contributed by atoms with van der Waals surface area (Å²) < 4.78 is 0. The Bertz CT molecular complexity index is 359. The van der Waals surface area contributed by atoms with E-state index in [0.717, 1.165) is 34.0 Å². The van der Waals surface area contributed by atoms with Gasteiger partial charge in [-0.25, -0.2) is 0 Å². The molecular formula is C13H16BrCl2N. The van der Waals surface area contributed by atoms with Crippen LogP contribution in [0.2, 0.25) is 10.0 Å². The third kappa shape index (κ3) is 3.37. The molecule has 4 heteroatoms. The highest BCUT2D eigenvalue weighted by Crippen LogP contribution is 2.30. The van der Waals surface area contributed by atoms with Crippen LogP contribution in [0, 0.1) is 0 Å². The molecule has 94 valence electrons. The van der Waals surface area contributed by atoms with E-state index >= 15 is 0 Å². The van der Waals surface area contributed by atoms with E-state index in [-0.39, 0.29) is 0 Å². The van der Waals surface area contributed by atoms with Gasteiger partial charge in [-0.15, -0.1) is 0 Å². The average Bonchev–Trinajstić information content (AvgIpc) is 2.21. The van der Waals surface area contributed by atoms with Gasteiger partial charge in [0.05, 0.1) is 0 Å². The molecule has 0 radical (unpaired) electrons. The van der Waals surface area contributed by atoms with Gasteiger partial charge in [-0.2, -0.15) is 0 Å². The molecular weight excluding hydrogens is 321 g/mol. The Morgan fingerprint density at radius 2 is 1.88 bits per heavy atom. The fourth-order valence-electron chi connectivity index (χ4n) is 2.14. The molecule has 1 nitrogen and oxygen atoms in total. The van der Waals surface area contributed by atoms with Crippen LogP contribution in [0.4, 0.5) is 0 Å². The van der Waals surface area contributed by atoms with Crippen molar-refractivity contribution >= 4 is 39.1 Å². The number of halogens is 3. The average molecular weight is 337 g/mol. The molecule has 1 aliphatic rings. The van der Waals surface area contributed by atoms with E-state index in [4.69, 9.17) is 23.2 Å². The quantitative estimate of drug-likeness (QED) is 0.702. The van der Waals surface area contributed by atoms with Gasteiger partial charge in [0.2, 0.25) is 0 Å². The highest BCUT2D eigenvalue weighted by Gasteiger charge is 2.25. The van der Waals surface area contributed by atoms with Gasteiger partial charge in [-0.3, -0.25) is 4.90 Å². The molecule has 0 aliphatic heterocycles. The van der Waals surface area contributed by atoms with Crippen molar-refractivity contribution in [2.45, 2.75) is 31.8 Å². The van der Waals surface area contributed by atoms with Crippen molar-refractivity contribution in [3.05, 3.63) is 33.8 Å². The molecule has 2 rings (SSSR count). The Kier molecular flexibility index (Phi) is 5.16. The lowest BCUT2D eigenvalue weighted by Gasteiger charge is -2.37. The highest BCUT2D eigenvalue weighted by atomic mass is 79.9. The minimum atomic E-state index is 0.708. The summed E-state index contributed by atoms with van der Waals surface area (Å²) in [6.45, 7) is 1.90. The molecule has 1 aromatic rings. The molecule has 1 aliphatic carbocycles. The van der Waals surface area contributed by atoms with Gasteiger partial charge < -0.3 is 0 Å². The van der Waals surface area contributed by atoms with Gasteiger partial charge in [0.25, 0.3) is 0 Å². The second-order valence-electron chi connectivity index (χ2n) is 4.44. The van der Waals surface area contributed by atoms with Gasteiger partial charge in [0.15, 0.2) is 0 Å². The lowest BCUT2D eigenvalue weighted by atomic mass is 9.91. The molecule has 0 N–H and O–H groups in total. The van der Waals surface area contributed by atoms with Crippen LogP contribution >= 0.6 is 39.1 Å². The first-order chi connectivity index (χ1) is 8.22. The smallest absolute Gasteiger partial charge is 0.0465 e. The fourth-order valence-corrected chi connectivity index (χ4v) is 3.11. The SMILES string of the molecule is Clc1cccc(Cl)c1CN(CCBr)C1CCC1. The lowest BCUT2D eigenvalue weighted by molar-refractivity contribution is 0.128. The summed E-state index contributed by atoms with van der Waals surface area (Å²) >= 11 is 15.9. The van der Waals surface area contributed by atoms with Gasteiger partial charge in [-0.1, -0.05) is 51.6 Å². The second-order valence-corrected chi connectivity index (χ2v) is 6.05. The molecule has 0 saturated heterocycles. The first kappa shape index (κ1) is 13.7. The number of benzene rings is 1. The van der Waals surface area contributed by atoms with Gasteiger partial charge >= 0.3 is 0 Å². The zero-order valence-electron chi connectivity index (χ0n) is 9.63. The van der Waals surface area contributed by atoms with Crippen molar-refractivity contribution in [3.8, 4) is 0 Å². The topological polar surface area (TPSA) is 3.24 Å². The van der Waals surface area contributed by atoms with E-state index in [2.05, 4.69) is 20.8 Å². The van der Waals surface area contributed by atoms with E-state index in [1.807, 2.05) is 18.2 Å². The molecule has 0 amide bonds. The van der Waals surface area contributed by atoms with E-state index in [1.54, 1.807) is 0 Å². The minimum Gasteiger partial charge on any atom is -0.295 e. The Labute approximate surface area is 121 Å². The molecule has 17 heavy (non-hydrogen) atoms. The van der Waals surface area contributed by atoms with Crippen molar-refractivity contribution < 1.29 is 0 Å². The second kappa shape index (κ2) is 6.42. The lowest BCUT2D eigenvalue weighted by Crippen LogP contribution is -2.40. The monoisotopic (exact) mass is 335 g/mol. The molecule has 0 atom stereocenters. The molecule has 0 spiro atoms. The Hall–Kier alpha value is 0.240. The molecule has 0 unspecified atom stereocenters. The molecule has 1 aromatic carbocycles. The molecule has 0 heterocycles. The summed E-state index contributed by atoms with van der Waals surface area (Å²) in [5.74, 6) is 0. The maximum absolute atomic E-state index is 6.22.